The second-order valence-corrected chi connectivity index (χ2v) is 5.54. The van der Waals surface area contributed by atoms with Gasteiger partial charge in [-0.15, -0.1) is 0 Å². The van der Waals surface area contributed by atoms with Gasteiger partial charge in [0.1, 0.15) is 12.4 Å². The molecule has 0 radical (unpaired) electrons. The fraction of sp³-hybridized carbons (Fsp3) is 0.316. The normalized spacial score (nSPS) is 11.7. The Labute approximate surface area is 137 Å². The number of hydrogen-bond donors (Lipinski definition) is 2. The summed E-state index contributed by atoms with van der Waals surface area (Å²) in [5.41, 5.74) is 2.75. The second-order valence-electron chi connectivity index (χ2n) is 5.54. The van der Waals surface area contributed by atoms with Crippen LogP contribution in [0.5, 0.6) is 5.75 Å². The zero-order valence-corrected chi connectivity index (χ0v) is 13.3. The summed E-state index contributed by atoms with van der Waals surface area (Å²) in [4.78, 5) is 0. The Morgan fingerprint density at radius 3 is 2.74 bits per heavy atom. The van der Waals surface area contributed by atoms with Gasteiger partial charge in [0.05, 0.1) is 11.6 Å². The zero-order valence-electron chi connectivity index (χ0n) is 13.3. The Hall–Kier alpha value is -2.35. The smallest absolute Gasteiger partial charge is 0.120 e. The molecule has 23 heavy (non-hydrogen) atoms. The van der Waals surface area contributed by atoms with Gasteiger partial charge in [0, 0.05) is 19.2 Å². The summed E-state index contributed by atoms with van der Waals surface area (Å²) in [6.45, 7) is 3.42. The van der Waals surface area contributed by atoms with Crippen LogP contribution in [0.1, 0.15) is 30.0 Å². The number of aliphatic hydroxyl groups excluding tert-OH is 1. The van der Waals surface area contributed by atoms with Gasteiger partial charge in [0.25, 0.3) is 0 Å². The maximum absolute atomic E-state index is 8.91. The molecule has 0 aliphatic rings. The van der Waals surface area contributed by atoms with E-state index in [-0.39, 0.29) is 12.6 Å². The van der Waals surface area contributed by atoms with Gasteiger partial charge < -0.3 is 15.2 Å². The molecule has 0 amide bonds. The first-order valence-electron chi connectivity index (χ1n) is 7.76. The summed E-state index contributed by atoms with van der Waals surface area (Å²) in [5, 5.41) is 21.2. The van der Waals surface area contributed by atoms with E-state index in [4.69, 9.17) is 15.1 Å². The maximum atomic E-state index is 8.91. The molecular weight excluding hydrogens is 288 g/mol. The van der Waals surface area contributed by atoms with E-state index in [0.29, 0.717) is 12.2 Å². The molecule has 4 heteroatoms. The molecule has 2 rings (SSSR count). The summed E-state index contributed by atoms with van der Waals surface area (Å²) in [6.07, 6.45) is 0.741. The van der Waals surface area contributed by atoms with Crippen molar-refractivity contribution >= 4 is 0 Å². The Bertz CT molecular complexity index is 664. The molecule has 0 aromatic heterocycles. The van der Waals surface area contributed by atoms with Crippen molar-refractivity contribution in [1.82, 2.24) is 5.32 Å². The van der Waals surface area contributed by atoms with Gasteiger partial charge in [-0.1, -0.05) is 24.3 Å². The topological polar surface area (TPSA) is 65.3 Å². The Balaban J connectivity index is 1.90. The lowest BCUT2D eigenvalue weighted by Crippen LogP contribution is -2.26. The third-order valence-corrected chi connectivity index (χ3v) is 3.58. The van der Waals surface area contributed by atoms with Gasteiger partial charge >= 0.3 is 0 Å². The molecule has 1 atom stereocenters. The molecule has 120 valence electrons. The maximum Gasteiger partial charge on any atom is 0.120 e. The number of nitrogens with one attached hydrogen (secondary N) is 1. The third kappa shape index (κ3) is 5.74. The van der Waals surface area contributed by atoms with Crippen LogP contribution in [0.4, 0.5) is 0 Å². The minimum absolute atomic E-state index is 0.194. The number of aliphatic hydroxyl groups is 1. The van der Waals surface area contributed by atoms with Crippen LogP contribution in [0.3, 0.4) is 0 Å². The van der Waals surface area contributed by atoms with E-state index in [1.54, 1.807) is 6.07 Å². The molecule has 2 aromatic rings. The van der Waals surface area contributed by atoms with Crippen LogP contribution in [-0.2, 0) is 13.2 Å². The highest BCUT2D eigenvalue weighted by Gasteiger charge is 2.02. The molecule has 0 aliphatic carbocycles. The first-order chi connectivity index (χ1) is 11.2. The van der Waals surface area contributed by atoms with Gasteiger partial charge in [0.2, 0.25) is 0 Å². The van der Waals surface area contributed by atoms with E-state index in [9.17, 15) is 0 Å². The van der Waals surface area contributed by atoms with Crippen LogP contribution >= 0.6 is 0 Å². The fourth-order valence-corrected chi connectivity index (χ4v) is 2.23. The van der Waals surface area contributed by atoms with Crippen molar-refractivity contribution in [3.63, 3.8) is 0 Å². The minimum atomic E-state index is 0.194. The van der Waals surface area contributed by atoms with Crippen LogP contribution < -0.4 is 10.1 Å². The van der Waals surface area contributed by atoms with Crippen molar-refractivity contribution < 1.29 is 9.84 Å². The van der Waals surface area contributed by atoms with Crippen LogP contribution in [0, 0.1) is 11.3 Å². The molecule has 2 N–H and O–H groups in total. The summed E-state index contributed by atoms with van der Waals surface area (Å²) < 4.78 is 5.81. The molecule has 0 saturated heterocycles. The van der Waals surface area contributed by atoms with Crippen LogP contribution in [-0.4, -0.2) is 17.8 Å². The molecule has 0 saturated carbocycles. The molecule has 0 spiro atoms. The molecule has 1 unspecified atom stereocenters. The SMILES string of the molecule is CC(CCO)NCc1cccc(OCc2cccc(C#N)c2)c1. The summed E-state index contributed by atoms with van der Waals surface area (Å²) in [6, 6.07) is 17.8. The van der Waals surface area contributed by atoms with Gasteiger partial charge in [-0.3, -0.25) is 0 Å². The number of nitriles is 1. The van der Waals surface area contributed by atoms with Crippen molar-refractivity contribution in [3.8, 4) is 11.8 Å². The number of ether oxygens (including phenoxy) is 1. The fourth-order valence-electron chi connectivity index (χ4n) is 2.23. The van der Waals surface area contributed by atoms with Crippen LogP contribution in [0.2, 0.25) is 0 Å². The Morgan fingerprint density at radius 2 is 1.96 bits per heavy atom. The lowest BCUT2D eigenvalue weighted by molar-refractivity contribution is 0.268. The van der Waals surface area contributed by atoms with E-state index in [2.05, 4.69) is 18.3 Å². The highest BCUT2D eigenvalue weighted by molar-refractivity contribution is 5.33. The van der Waals surface area contributed by atoms with Gasteiger partial charge in [-0.2, -0.15) is 5.26 Å². The first-order valence-corrected chi connectivity index (χ1v) is 7.76. The van der Waals surface area contributed by atoms with Crippen molar-refractivity contribution in [2.75, 3.05) is 6.61 Å². The molecular formula is C19H22N2O2. The van der Waals surface area contributed by atoms with Gasteiger partial charge in [-0.05, 0) is 48.7 Å². The first kappa shape index (κ1) is 17.0. The molecule has 0 fully saturated rings. The van der Waals surface area contributed by atoms with E-state index < -0.39 is 0 Å². The van der Waals surface area contributed by atoms with Crippen LogP contribution in [0.15, 0.2) is 48.5 Å². The Morgan fingerprint density at radius 1 is 1.17 bits per heavy atom. The minimum Gasteiger partial charge on any atom is -0.489 e. The molecule has 0 bridgehead atoms. The van der Waals surface area contributed by atoms with E-state index in [1.807, 2.05) is 42.5 Å². The summed E-state index contributed by atoms with van der Waals surface area (Å²) in [5.74, 6) is 0.807. The quantitative estimate of drug-likeness (QED) is 0.786. The van der Waals surface area contributed by atoms with Crippen LogP contribution in [0.25, 0.3) is 0 Å². The molecule has 4 nitrogen and oxygen atoms in total. The predicted octanol–water partition coefficient (Wildman–Crippen LogP) is 3.00. The lowest BCUT2D eigenvalue weighted by Gasteiger charge is -2.13. The number of rotatable bonds is 8. The second kappa shape index (κ2) is 8.94. The van der Waals surface area contributed by atoms with Crippen molar-refractivity contribution in [3.05, 3.63) is 65.2 Å². The van der Waals surface area contributed by atoms with E-state index >= 15 is 0 Å². The predicted molar refractivity (Wildman–Crippen MR) is 89.9 cm³/mol. The van der Waals surface area contributed by atoms with E-state index in [0.717, 1.165) is 29.8 Å². The Kier molecular flexibility index (Phi) is 6.61. The van der Waals surface area contributed by atoms with Gasteiger partial charge in [0.15, 0.2) is 0 Å². The molecule has 2 aromatic carbocycles. The molecule has 0 heterocycles. The average Bonchev–Trinajstić information content (AvgIpc) is 2.59. The third-order valence-electron chi connectivity index (χ3n) is 3.58. The number of nitrogens with zero attached hydrogens (tertiary/aromatic N) is 1. The standard InChI is InChI=1S/C19H22N2O2/c1-15(8-9-22)21-13-17-5-3-7-19(11-17)23-14-18-6-2-4-16(10-18)12-20/h2-7,10-11,15,21-22H,8-9,13-14H2,1H3. The highest BCUT2D eigenvalue weighted by atomic mass is 16.5. The van der Waals surface area contributed by atoms with Crippen molar-refractivity contribution in [1.29, 1.82) is 5.26 Å². The number of hydrogen-bond acceptors (Lipinski definition) is 4. The monoisotopic (exact) mass is 310 g/mol. The summed E-state index contributed by atoms with van der Waals surface area (Å²) >= 11 is 0. The van der Waals surface area contributed by atoms with Crippen molar-refractivity contribution in [2.24, 2.45) is 0 Å². The average molecular weight is 310 g/mol. The lowest BCUT2D eigenvalue weighted by atomic mass is 10.1. The van der Waals surface area contributed by atoms with Gasteiger partial charge in [-0.25, -0.2) is 0 Å². The van der Waals surface area contributed by atoms with Crippen molar-refractivity contribution in [2.45, 2.75) is 32.5 Å². The zero-order chi connectivity index (χ0) is 16.5. The largest absolute Gasteiger partial charge is 0.489 e. The van der Waals surface area contributed by atoms with E-state index in [1.165, 1.54) is 0 Å². The summed E-state index contributed by atoms with van der Waals surface area (Å²) in [7, 11) is 0. The molecule has 0 aliphatic heterocycles. The highest BCUT2D eigenvalue weighted by Crippen LogP contribution is 2.16. The number of benzene rings is 2.